The van der Waals surface area contributed by atoms with Gasteiger partial charge in [-0.3, -0.25) is 0 Å². The van der Waals surface area contributed by atoms with Crippen LogP contribution in [0, 0.1) is 0 Å². The third-order valence-corrected chi connectivity index (χ3v) is 2.31. The summed E-state index contributed by atoms with van der Waals surface area (Å²) < 4.78 is 43.1. The summed E-state index contributed by atoms with van der Waals surface area (Å²) in [5.41, 5.74) is 0. The SMILES string of the molecule is CCCCCOc1cc(NCC)nc(C(F)(F)F)n1. The molecule has 0 unspecified atom stereocenters. The quantitative estimate of drug-likeness (QED) is 0.775. The van der Waals surface area contributed by atoms with Crippen LogP contribution in [0.4, 0.5) is 19.0 Å². The number of anilines is 1. The van der Waals surface area contributed by atoms with E-state index in [0.29, 0.717) is 13.2 Å². The van der Waals surface area contributed by atoms with E-state index in [1.54, 1.807) is 6.92 Å². The molecule has 0 saturated heterocycles. The predicted octanol–water partition coefficient (Wildman–Crippen LogP) is 3.50. The molecule has 7 heteroatoms. The van der Waals surface area contributed by atoms with Gasteiger partial charge in [0, 0.05) is 12.6 Å². The number of rotatable bonds is 7. The van der Waals surface area contributed by atoms with Gasteiger partial charge in [0.25, 0.3) is 0 Å². The van der Waals surface area contributed by atoms with Crippen molar-refractivity contribution in [2.24, 2.45) is 0 Å². The molecule has 1 aromatic rings. The van der Waals surface area contributed by atoms with Gasteiger partial charge in [0.15, 0.2) is 0 Å². The summed E-state index contributed by atoms with van der Waals surface area (Å²) in [7, 11) is 0. The summed E-state index contributed by atoms with van der Waals surface area (Å²) in [4.78, 5) is 6.80. The zero-order valence-electron chi connectivity index (χ0n) is 11.0. The summed E-state index contributed by atoms with van der Waals surface area (Å²) in [5.74, 6) is -1.11. The molecule has 19 heavy (non-hydrogen) atoms. The largest absolute Gasteiger partial charge is 0.478 e. The lowest BCUT2D eigenvalue weighted by atomic mass is 10.3. The number of hydrogen-bond acceptors (Lipinski definition) is 4. The van der Waals surface area contributed by atoms with Gasteiger partial charge in [-0.2, -0.15) is 18.2 Å². The van der Waals surface area contributed by atoms with Crippen molar-refractivity contribution in [3.63, 3.8) is 0 Å². The number of hydrogen-bond donors (Lipinski definition) is 1. The van der Waals surface area contributed by atoms with E-state index in [1.807, 2.05) is 6.92 Å². The number of alkyl halides is 3. The summed E-state index contributed by atoms with van der Waals surface area (Å²) in [6.45, 7) is 4.64. The minimum atomic E-state index is -4.58. The second kappa shape index (κ2) is 7.16. The molecular weight excluding hydrogens is 259 g/mol. The second-order valence-electron chi connectivity index (χ2n) is 4.00. The molecule has 1 N–H and O–H groups in total. The molecule has 0 atom stereocenters. The highest BCUT2D eigenvalue weighted by molar-refractivity contribution is 5.38. The average Bonchev–Trinajstić information content (AvgIpc) is 2.34. The number of halogens is 3. The second-order valence-corrected chi connectivity index (χ2v) is 4.00. The fraction of sp³-hybridized carbons (Fsp3) is 0.667. The Morgan fingerprint density at radius 1 is 1.21 bits per heavy atom. The maximum absolute atomic E-state index is 12.6. The molecule has 0 saturated carbocycles. The van der Waals surface area contributed by atoms with Crippen LogP contribution in [0.3, 0.4) is 0 Å². The van der Waals surface area contributed by atoms with Gasteiger partial charge in [0.1, 0.15) is 5.82 Å². The Hall–Kier alpha value is -1.53. The van der Waals surface area contributed by atoms with Crippen molar-refractivity contribution < 1.29 is 17.9 Å². The van der Waals surface area contributed by atoms with Gasteiger partial charge in [-0.15, -0.1) is 0 Å². The third kappa shape index (κ3) is 5.32. The molecule has 108 valence electrons. The lowest BCUT2D eigenvalue weighted by Gasteiger charge is -2.11. The Morgan fingerprint density at radius 2 is 1.95 bits per heavy atom. The summed E-state index contributed by atoms with van der Waals surface area (Å²) in [6.07, 6.45) is -1.80. The molecule has 1 rings (SSSR count). The van der Waals surface area contributed by atoms with Crippen LogP contribution in [0.5, 0.6) is 5.88 Å². The molecule has 0 aliphatic heterocycles. The van der Waals surface area contributed by atoms with Crippen molar-refractivity contribution >= 4 is 5.82 Å². The summed E-state index contributed by atoms with van der Waals surface area (Å²) in [5, 5.41) is 2.73. The normalized spacial score (nSPS) is 11.4. The van der Waals surface area contributed by atoms with Crippen molar-refractivity contribution in [2.75, 3.05) is 18.5 Å². The molecule has 1 aromatic heterocycles. The Balaban J connectivity index is 2.81. The fourth-order valence-corrected chi connectivity index (χ4v) is 1.43. The lowest BCUT2D eigenvalue weighted by molar-refractivity contribution is -0.145. The number of aromatic nitrogens is 2. The molecular formula is C12H18F3N3O. The van der Waals surface area contributed by atoms with Gasteiger partial charge in [-0.25, -0.2) is 4.98 Å². The van der Waals surface area contributed by atoms with Crippen LogP contribution in [0.2, 0.25) is 0 Å². The van der Waals surface area contributed by atoms with E-state index in [4.69, 9.17) is 4.74 Å². The lowest BCUT2D eigenvalue weighted by Crippen LogP contribution is -2.14. The van der Waals surface area contributed by atoms with E-state index in [0.717, 1.165) is 19.3 Å². The fourth-order valence-electron chi connectivity index (χ4n) is 1.43. The van der Waals surface area contributed by atoms with Crippen LogP contribution in [0.25, 0.3) is 0 Å². The van der Waals surface area contributed by atoms with Gasteiger partial charge >= 0.3 is 6.18 Å². The van der Waals surface area contributed by atoms with Crippen LogP contribution >= 0.6 is 0 Å². The number of ether oxygens (including phenoxy) is 1. The van der Waals surface area contributed by atoms with Crippen LogP contribution in [0.1, 0.15) is 38.9 Å². The first-order chi connectivity index (χ1) is 8.97. The maximum atomic E-state index is 12.6. The highest BCUT2D eigenvalue weighted by Gasteiger charge is 2.35. The van der Waals surface area contributed by atoms with Crippen LogP contribution in [0.15, 0.2) is 6.07 Å². The van der Waals surface area contributed by atoms with E-state index < -0.39 is 12.0 Å². The van der Waals surface area contributed by atoms with E-state index in [2.05, 4.69) is 15.3 Å². The Morgan fingerprint density at radius 3 is 2.53 bits per heavy atom. The standard InChI is InChI=1S/C12H18F3N3O/c1-3-5-6-7-19-10-8-9(16-4-2)17-11(18-10)12(13,14)15/h8H,3-7H2,1-2H3,(H,16,17,18). The Bertz CT molecular complexity index is 396. The first-order valence-corrected chi connectivity index (χ1v) is 6.30. The van der Waals surface area contributed by atoms with Crippen LogP contribution < -0.4 is 10.1 Å². The van der Waals surface area contributed by atoms with E-state index in [1.165, 1.54) is 6.07 Å². The molecule has 0 spiro atoms. The highest BCUT2D eigenvalue weighted by Crippen LogP contribution is 2.28. The minimum Gasteiger partial charge on any atom is -0.478 e. The zero-order valence-corrected chi connectivity index (χ0v) is 11.0. The predicted molar refractivity (Wildman–Crippen MR) is 66.2 cm³/mol. The van der Waals surface area contributed by atoms with Gasteiger partial charge in [-0.05, 0) is 13.3 Å². The molecule has 0 aromatic carbocycles. The van der Waals surface area contributed by atoms with Gasteiger partial charge in [0.05, 0.1) is 6.61 Å². The van der Waals surface area contributed by atoms with Crippen molar-refractivity contribution in [3.8, 4) is 5.88 Å². The van der Waals surface area contributed by atoms with Gasteiger partial charge < -0.3 is 10.1 Å². The van der Waals surface area contributed by atoms with Gasteiger partial charge in [-0.1, -0.05) is 19.8 Å². The van der Waals surface area contributed by atoms with Crippen molar-refractivity contribution in [1.82, 2.24) is 9.97 Å². The average molecular weight is 277 g/mol. The molecule has 0 radical (unpaired) electrons. The first-order valence-electron chi connectivity index (χ1n) is 6.30. The molecule has 4 nitrogen and oxygen atoms in total. The molecule has 1 heterocycles. The molecule has 0 amide bonds. The molecule has 0 aliphatic carbocycles. The Labute approximate surface area is 110 Å². The van der Waals surface area contributed by atoms with Crippen LogP contribution in [-0.2, 0) is 6.18 Å². The van der Waals surface area contributed by atoms with Crippen molar-refractivity contribution in [2.45, 2.75) is 39.3 Å². The number of nitrogens with zero attached hydrogens (tertiary/aromatic N) is 2. The van der Waals surface area contributed by atoms with E-state index in [9.17, 15) is 13.2 Å². The highest BCUT2D eigenvalue weighted by atomic mass is 19.4. The molecule has 0 fully saturated rings. The molecule has 0 aliphatic rings. The minimum absolute atomic E-state index is 0.0469. The summed E-state index contributed by atoms with van der Waals surface area (Å²) >= 11 is 0. The van der Waals surface area contributed by atoms with Crippen molar-refractivity contribution in [1.29, 1.82) is 0 Å². The number of unbranched alkanes of at least 4 members (excludes halogenated alkanes) is 2. The van der Waals surface area contributed by atoms with E-state index >= 15 is 0 Å². The van der Waals surface area contributed by atoms with E-state index in [-0.39, 0.29) is 11.7 Å². The smallest absolute Gasteiger partial charge is 0.451 e. The zero-order chi connectivity index (χ0) is 14.3. The number of nitrogens with one attached hydrogen (secondary N) is 1. The molecule has 0 bridgehead atoms. The van der Waals surface area contributed by atoms with Crippen molar-refractivity contribution in [3.05, 3.63) is 11.9 Å². The topological polar surface area (TPSA) is 47.0 Å². The first kappa shape index (κ1) is 15.5. The monoisotopic (exact) mass is 277 g/mol. The Kier molecular flexibility index (Phi) is 5.85. The van der Waals surface area contributed by atoms with Gasteiger partial charge in [0.2, 0.25) is 11.7 Å². The maximum Gasteiger partial charge on any atom is 0.451 e. The summed E-state index contributed by atoms with van der Waals surface area (Å²) in [6, 6.07) is 1.38. The van der Waals surface area contributed by atoms with Crippen LogP contribution in [-0.4, -0.2) is 23.1 Å². The third-order valence-electron chi connectivity index (χ3n) is 2.31.